The second-order valence-corrected chi connectivity index (χ2v) is 9.08. The number of anilines is 1. The van der Waals surface area contributed by atoms with Crippen LogP contribution in [-0.2, 0) is 16.6 Å². The van der Waals surface area contributed by atoms with Crippen LogP contribution in [0, 0.1) is 26.6 Å². The Bertz CT molecular complexity index is 1090. The predicted octanol–water partition coefficient (Wildman–Crippen LogP) is 5.80. The van der Waals surface area contributed by atoms with Crippen LogP contribution >= 0.6 is 11.6 Å². The lowest BCUT2D eigenvalue weighted by atomic mass is 10.1. The molecule has 0 aliphatic rings. The summed E-state index contributed by atoms with van der Waals surface area (Å²) in [6.45, 7) is 5.45. The molecule has 0 atom stereocenters. The number of sulfonamides is 1. The first kappa shape index (κ1) is 20.4. The van der Waals surface area contributed by atoms with Gasteiger partial charge in [0.05, 0.1) is 17.1 Å². The lowest BCUT2D eigenvalue weighted by Gasteiger charge is -2.27. The first-order valence-corrected chi connectivity index (χ1v) is 10.6. The molecular formula is C22H21ClFNO2S. The Balaban J connectivity index is 2.18. The molecule has 146 valence electrons. The molecule has 0 unspecified atom stereocenters. The number of aryl methyl sites for hydroxylation is 3. The summed E-state index contributed by atoms with van der Waals surface area (Å²) in [6.07, 6.45) is 0. The Hall–Kier alpha value is -2.37. The summed E-state index contributed by atoms with van der Waals surface area (Å²) in [5.74, 6) is -0.540. The lowest BCUT2D eigenvalue weighted by Crippen LogP contribution is -2.31. The fraction of sp³-hybridized carbons (Fsp3) is 0.182. The van der Waals surface area contributed by atoms with Crippen LogP contribution in [-0.4, -0.2) is 8.42 Å². The van der Waals surface area contributed by atoms with Crippen molar-refractivity contribution in [2.75, 3.05) is 4.31 Å². The zero-order valence-corrected chi connectivity index (χ0v) is 17.5. The van der Waals surface area contributed by atoms with Crippen LogP contribution in [0.2, 0.25) is 5.02 Å². The van der Waals surface area contributed by atoms with E-state index < -0.39 is 15.8 Å². The Morgan fingerprint density at radius 3 is 2.18 bits per heavy atom. The quantitative estimate of drug-likeness (QED) is 0.526. The Morgan fingerprint density at radius 2 is 1.57 bits per heavy atom. The van der Waals surface area contributed by atoms with E-state index in [2.05, 4.69) is 0 Å². The molecule has 0 N–H and O–H groups in total. The van der Waals surface area contributed by atoms with Crippen molar-refractivity contribution in [3.05, 3.63) is 93.8 Å². The molecule has 3 aromatic rings. The van der Waals surface area contributed by atoms with Gasteiger partial charge in [0.15, 0.2) is 0 Å². The van der Waals surface area contributed by atoms with Gasteiger partial charge in [-0.1, -0.05) is 53.1 Å². The van der Waals surface area contributed by atoms with Crippen LogP contribution in [0.5, 0.6) is 0 Å². The number of hydrogen-bond donors (Lipinski definition) is 0. The average Bonchev–Trinajstić information content (AvgIpc) is 2.63. The fourth-order valence-corrected chi connectivity index (χ4v) is 4.77. The van der Waals surface area contributed by atoms with Gasteiger partial charge in [-0.2, -0.15) is 0 Å². The van der Waals surface area contributed by atoms with Gasteiger partial charge in [0.25, 0.3) is 10.0 Å². The van der Waals surface area contributed by atoms with E-state index in [-0.39, 0.29) is 22.0 Å². The van der Waals surface area contributed by atoms with Crippen LogP contribution in [0.4, 0.5) is 10.1 Å². The highest BCUT2D eigenvalue weighted by Gasteiger charge is 2.28. The molecular weight excluding hydrogens is 397 g/mol. The summed E-state index contributed by atoms with van der Waals surface area (Å²) < 4.78 is 42.6. The van der Waals surface area contributed by atoms with Gasteiger partial charge in [-0.25, -0.2) is 12.8 Å². The topological polar surface area (TPSA) is 37.4 Å². The number of hydrogen-bond acceptors (Lipinski definition) is 2. The molecule has 6 heteroatoms. The van der Waals surface area contributed by atoms with Crippen LogP contribution in [0.3, 0.4) is 0 Å². The number of benzene rings is 3. The molecule has 0 fully saturated rings. The highest BCUT2D eigenvalue weighted by Crippen LogP contribution is 2.32. The second kappa shape index (κ2) is 7.94. The summed E-state index contributed by atoms with van der Waals surface area (Å²) in [4.78, 5) is 0.144. The SMILES string of the molecule is Cc1ccc(S(=O)(=O)N(Cc2c(F)cccc2Cl)c2ccc(C)cc2C)cc1. The van der Waals surface area contributed by atoms with E-state index in [9.17, 15) is 12.8 Å². The summed E-state index contributed by atoms with van der Waals surface area (Å²) in [5, 5.41) is 0.189. The summed E-state index contributed by atoms with van der Waals surface area (Å²) >= 11 is 6.18. The third-order valence-electron chi connectivity index (χ3n) is 4.59. The van der Waals surface area contributed by atoms with Gasteiger partial charge in [0.1, 0.15) is 5.82 Å². The molecule has 0 bridgehead atoms. The fourth-order valence-electron chi connectivity index (χ4n) is 3.05. The van der Waals surface area contributed by atoms with Crippen LogP contribution in [0.15, 0.2) is 65.6 Å². The Kier molecular flexibility index (Phi) is 5.77. The predicted molar refractivity (Wildman–Crippen MR) is 112 cm³/mol. The number of nitrogens with zero attached hydrogens (tertiary/aromatic N) is 1. The minimum atomic E-state index is -3.93. The van der Waals surface area contributed by atoms with E-state index in [1.54, 1.807) is 36.4 Å². The van der Waals surface area contributed by atoms with Crippen molar-refractivity contribution in [1.29, 1.82) is 0 Å². The van der Waals surface area contributed by atoms with Gasteiger partial charge in [-0.3, -0.25) is 4.31 Å². The monoisotopic (exact) mass is 417 g/mol. The van der Waals surface area contributed by atoms with E-state index in [1.165, 1.54) is 16.4 Å². The standard InChI is InChI=1S/C22H21ClFNO2S/c1-15-7-10-18(11-8-15)28(26,27)25(22-12-9-16(2)13-17(22)3)14-19-20(23)5-4-6-21(19)24/h4-13H,14H2,1-3H3. The van der Waals surface area contributed by atoms with Crippen LogP contribution in [0.1, 0.15) is 22.3 Å². The van der Waals surface area contributed by atoms with E-state index in [0.717, 1.165) is 16.7 Å². The van der Waals surface area contributed by atoms with Crippen molar-refractivity contribution >= 4 is 27.3 Å². The number of halogens is 2. The van der Waals surface area contributed by atoms with E-state index in [0.29, 0.717) is 5.69 Å². The normalized spacial score (nSPS) is 11.5. The summed E-state index contributed by atoms with van der Waals surface area (Å²) in [6, 6.07) is 16.4. The number of rotatable bonds is 5. The first-order valence-electron chi connectivity index (χ1n) is 8.79. The van der Waals surface area contributed by atoms with Gasteiger partial charge in [0.2, 0.25) is 0 Å². The van der Waals surface area contributed by atoms with Crippen LogP contribution < -0.4 is 4.31 Å². The molecule has 3 aromatic carbocycles. The molecule has 3 nitrogen and oxygen atoms in total. The largest absolute Gasteiger partial charge is 0.264 e. The van der Waals surface area contributed by atoms with Crippen molar-refractivity contribution in [2.24, 2.45) is 0 Å². The van der Waals surface area contributed by atoms with E-state index >= 15 is 0 Å². The second-order valence-electron chi connectivity index (χ2n) is 6.81. The molecule has 0 saturated heterocycles. The molecule has 0 radical (unpaired) electrons. The van der Waals surface area contributed by atoms with Crippen molar-refractivity contribution in [2.45, 2.75) is 32.2 Å². The first-order chi connectivity index (χ1) is 13.2. The van der Waals surface area contributed by atoms with Gasteiger partial charge in [0, 0.05) is 10.6 Å². The average molecular weight is 418 g/mol. The maximum absolute atomic E-state index is 14.4. The molecule has 0 saturated carbocycles. The Labute approximate surface area is 170 Å². The maximum atomic E-state index is 14.4. The molecule has 3 rings (SSSR count). The third-order valence-corrected chi connectivity index (χ3v) is 6.72. The molecule has 0 aliphatic heterocycles. The Morgan fingerprint density at radius 1 is 0.929 bits per heavy atom. The van der Waals surface area contributed by atoms with E-state index in [1.807, 2.05) is 32.9 Å². The van der Waals surface area contributed by atoms with Crippen LogP contribution in [0.25, 0.3) is 0 Å². The zero-order valence-electron chi connectivity index (χ0n) is 15.9. The minimum Gasteiger partial charge on any atom is -0.261 e. The lowest BCUT2D eigenvalue weighted by molar-refractivity contribution is 0.585. The maximum Gasteiger partial charge on any atom is 0.264 e. The highest BCUT2D eigenvalue weighted by molar-refractivity contribution is 7.92. The summed E-state index contributed by atoms with van der Waals surface area (Å²) in [5.41, 5.74) is 3.38. The molecule has 0 aliphatic carbocycles. The molecule has 0 spiro atoms. The molecule has 28 heavy (non-hydrogen) atoms. The van der Waals surface area contributed by atoms with Gasteiger partial charge < -0.3 is 0 Å². The third kappa shape index (κ3) is 4.05. The van der Waals surface area contributed by atoms with Gasteiger partial charge in [-0.15, -0.1) is 0 Å². The molecule has 0 amide bonds. The van der Waals surface area contributed by atoms with Gasteiger partial charge in [-0.05, 0) is 56.7 Å². The van der Waals surface area contributed by atoms with Gasteiger partial charge >= 0.3 is 0 Å². The highest BCUT2D eigenvalue weighted by atomic mass is 35.5. The smallest absolute Gasteiger partial charge is 0.261 e. The van der Waals surface area contributed by atoms with Crippen molar-refractivity contribution in [3.63, 3.8) is 0 Å². The van der Waals surface area contributed by atoms with Crippen molar-refractivity contribution in [3.8, 4) is 0 Å². The van der Waals surface area contributed by atoms with Crippen molar-refractivity contribution in [1.82, 2.24) is 0 Å². The summed E-state index contributed by atoms with van der Waals surface area (Å²) in [7, 11) is -3.93. The molecule has 0 heterocycles. The minimum absolute atomic E-state index is 0.139. The van der Waals surface area contributed by atoms with E-state index in [4.69, 9.17) is 11.6 Å². The molecule has 0 aromatic heterocycles. The zero-order chi connectivity index (χ0) is 20.5. The van der Waals surface area contributed by atoms with Crippen molar-refractivity contribution < 1.29 is 12.8 Å².